The Labute approximate surface area is 84.4 Å². The van der Waals surface area contributed by atoms with E-state index in [4.69, 9.17) is 4.74 Å². The van der Waals surface area contributed by atoms with Crippen LogP contribution < -0.4 is 0 Å². The molecule has 0 saturated heterocycles. The van der Waals surface area contributed by atoms with E-state index in [-0.39, 0.29) is 5.89 Å². The first-order chi connectivity index (χ1) is 7.13. The van der Waals surface area contributed by atoms with Crippen molar-refractivity contribution in [3.05, 3.63) is 11.7 Å². The molecule has 1 aromatic heterocycles. The number of hydrogen-bond acceptors (Lipinski definition) is 5. The molecule has 0 aliphatic carbocycles. The van der Waals surface area contributed by atoms with Crippen molar-refractivity contribution in [3.63, 3.8) is 0 Å². The second-order valence-corrected chi connectivity index (χ2v) is 2.79. The molecule has 1 heterocycles. The molecule has 1 rings (SSSR count). The molecule has 15 heavy (non-hydrogen) atoms. The number of carbonyl (C=O) groups excluding carboxylic acids is 1. The van der Waals surface area contributed by atoms with Crippen molar-refractivity contribution in [2.24, 2.45) is 0 Å². The van der Waals surface area contributed by atoms with Gasteiger partial charge in [0, 0.05) is 13.5 Å². The van der Waals surface area contributed by atoms with Gasteiger partial charge in [0.05, 0.1) is 13.0 Å². The quantitative estimate of drug-likeness (QED) is 0.703. The van der Waals surface area contributed by atoms with Crippen LogP contribution in [0.2, 0.25) is 0 Å². The molecule has 0 aliphatic heterocycles. The van der Waals surface area contributed by atoms with Crippen LogP contribution in [0, 0.1) is 0 Å². The second kappa shape index (κ2) is 5.50. The number of nitrogens with zero attached hydrogens (tertiary/aromatic N) is 2. The van der Waals surface area contributed by atoms with Gasteiger partial charge < -0.3 is 9.26 Å². The monoisotopic (exact) mass is 220 g/mol. The maximum Gasteiger partial charge on any atom is 0.296 e. The molecule has 0 N–H and O–H groups in total. The lowest BCUT2D eigenvalue weighted by Gasteiger charge is -1.92. The summed E-state index contributed by atoms with van der Waals surface area (Å²) in [6, 6.07) is 0. The normalized spacial score (nSPS) is 10.9. The molecule has 0 saturated carbocycles. The van der Waals surface area contributed by atoms with Crippen LogP contribution in [0.1, 0.15) is 11.7 Å². The highest BCUT2D eigenvalue weighted by Gasteiger charge is 2.19. The van der Waals surface area contributed by atoms with Crippen molar-refractivity contribution < 1.29 is 22.8 Å². The number of ketones is 1. The fourth-order valence-electron chi connectivity index (χ4n) is 0.883. The van der Waals surface area contributed by atoms with Gasteiger partial charge in [-0.2, -0.15) is 4.98 Å². The standard InChI is InChI=1S/C8H10F2N2O3/c1-14-3-2-6-11-7(15-12-6)4-5(13)8(9)10/h8H,2-4H2,1H3. The van der Waals surface area contributed by atoms with Crippen LogP contribution in [0.4, 0.5) is 8.78 Å². The van der Waals surface area contributed by atoms with E-state index >= 15 is 0 Å². The highest BCUT2D eigenvalue weighted by molar-refractivity contribution is 5.82. The maximum atomic E-state index is 11.9. The summed E-state index contributed by atoms with van der Waals surface area (Å²) in [5.41, 5.74) is 0. The molecule has 0 aliphatic rings. The summed E-state index contributed by atoms with van der Waals surface area (Å²) < 4.78 is 33.1. The Kier molecular flexibility index (Phi) is 4.29. The van der Waals surface area contributed by atoms with Gasteiger partial charge in [0.2, 0.25) is 11.7 Å². The highest BCUT2D eigenvalue weighted by Crippen LogP contribution is 2.04. The molecular weight excluding hydrogens is 210 g/mol. The van der Waals surface area contributed by atoms with E-state index in [2.05, 4.69) is 14.7 Å². The summed E-state index contributed by atoms with van der Waals surface area (Å²) in [4.78, 5) is 14.4. The molecule has 0 unspecified atom stereocenters. The molecule has 84 valence electrons. The summed E-state index contributed by atoms with van der Waals surface area (Å²) >= 11 is 0. The molecule has 5 nitrogen and oxygen atoms in total. The molecule has 0 fully saturated rings. The smallest absolute Gasteiger partial charge is 0.296 e. The van der Waals surface area contributed by atoms with Crippen LogP contribution in [0.15, 0.2) is 4.52 Å². The van der Waals surface area contributed by atoms with Crippen LogP contribution in [0.5, 0.6) is 0 Å². The third-order valence-electron chi connectivity index (χ3n) is 1.61. The lowest BCUT2D eigenvalue weighted by Crippen LogP contribution is -2.13. The highest BCUT2D eigenvalue weighted by atomic mass is 19.3. The SMILES string of the molecule is COCCc1noc(CC(=O)C(F)F)n1. The molecule has 0 aromatic carbocycles. The first-order valence-corrected chi connectivity index (χ1v) is 4.24. The van der Waals surface area contributed by atoms with Crippen molar-refractivity contribution in [2.75, 3.05) is 13.7 Å². The molecule has 0 amide bonds. The Hall–Kier alpha value is -1.37. The number of hydrogen-bond donors (Lipinski definition) is 0. The number of Topliss-reactive ketones (excluding diaryl/α,β-unsaturated/α-hetero) is 1. The first-order valence-electron chi connectivity index (χ1n) is 4.24. The summed E-state index contributed by atoms with van der Waals surface area (Å²) in [7, 11) is 1.52. The number of carbonyl (C=O) groups is 1. The van der Waals surface area contributed by atoms with Crippen molar-refractivity contribution in [1.82, 2.24) is 10.1 Å². The van der Waals surface area contributed by atoms with Crippen LogP contribution in [-0.2, 0) is 22.4 Å². The minimum Gasteiger partial charge on any atom is -0.384 e. The topological polar surface area (TPSA) is 65.2 Å². The van der Waals surface area contributed by atoms with Gasteiger partial charge in [-0.25, -0.2) is 8.78 Å². The zero-order chi connectivity index (χ0) is 11.3. The average molecular weight is 220 g/mol. The Morgan fingerprint density at radius 3 is 2.93 bits per heavy atom. The van der Waals surface area contributed by atoms with E-state index < -0.39 is 18.6 Å². The zero-order valence-corrected chi connectivity index (χ0v) is 8.07. The Morgan fingerprint density at radius 2 is 2.33 bits per heavy atom. The first kappa shape index (κ1) is 11.7. The lowest BCUT2D eigenvalue weighted by atomic mass is 10.3. The minimum absolute atomic E-state index is 0.0913. The number of ether oxygens (including phenoxy) is 1. The van der Waals surface area contributed by atoms with E-state index in [1.54, 1.807) is 0 Å². The van der Waals surface area contributed by atoms with Crippen molar-refractivity contribution in [1.29, 1.82) is 0 Å². The van der Waals surface area contributed by atoms with Gasteiger partial charge in [-0.1, -0.05) is 5.16 Å². The van der Waals surface area contributed by atoms with E-state index in [0.29, 0.717) is 18.9 Å². The van der Waals surface area contributed by atoms with Gasteiger partial charge >= 0.3 is 0 Å². The fourth-order valence-corrected chi connectivity index (χ4v) is 0.883. The van der Waals surface area contributed by atoms with Crippen LogP contribution in [-0.4, -0.2) is 36.1 Å². The molecule has 0 spiro atoms. The lowest BCUT2D eigenvalue weighted by molar-refractivity contribution is -0.129. The van der Waals surface area contributed by atoms with Crippen LogP contribution in [0.3, 0.4) is 0 Å². The summed E-state index contributed by atoms with van der Waals surface area (Å²) in [5.74, 6) is -0.975. The molecule has 7 heteroatoms. The summed E-state index contributed by atoms with van der Waals surface area (Å²) in [6.07, 6.45) is -3.11. The zero-order valence-electron chi connectivity index (χ0n) is 8.07. The maximum absolute atomic E-state index is 11.9. The molecule has 0 bridgehead atoms. The largest absolute Gasteiger partial charge is 0.384 e. The predicted molar refractivity (Wildman–Crippen MR) is 44.6 cm³/mol. The van der Waals surface area contributed by atoms with Gasteiger partial charge in [-0.15, -0.1) is 0 Å². The second-order valence-electron chi connectivity index (χ2n) is 2.79. The van der Waals surface area contributed by atoms with E-state index in [9.17, 15) is 13.6 Å². The Bertz CT molecular complexity index is 327. The molecule has 0 atom stereocenters. The summed E-state index contributed by atoms with van der Waals surface area (Å²) in [5, 5.41) is 3.50. The number of aromatic nitrogens is 2. The number of methoxy groups -OCH3 is 1. The van der Waals surface area contributed by atoms with E-state index in [1.807, 2.05) is 0 Å². The third kappa shape index (κ3) is 3.70. The van der Waals surface area contributed by atoms with Gasteiger partial charge in [0.1, 0.15) is 0 Å². The third-order valence-corrected chi connectivity index (χ3v) is 1.61. The predicted octanol–water partition coefficient (Wildman–Crippen LogP) is 0.635. The van der Waals surface area contributed by atoms with Crippen LogP contribution >= 0.6 is 0 Å². The van der Waals surface area contributed by atoms with Crippen LogP contribution in [0.25, 0.3) is 0 Å². The van der Waals surface area contributed by atoms with Gasteiger partial charge in [-0.3, -0.25) is 4.79 Å². The fraction of sp³-hybridized carbons (Fsp3) is 0.625. The molecular formula is C8H10F2N2O3. The van der Waals surface area contributed by atoms with Gasteiger partial charge in [0.25, 0.3) is 6.43 Å². The number of rotatable bonds is 6. The molecule has 1 aromatic rings. The van der Waals surface area contributed by atoms with Gasteiger partial charge in [-0.05, 0) is 0 Å². The summed E-state index contributed by atoms with van der Waals surface area (Å²) in [6.45, 7) is 0.405. The Balaban J connectivity index is 2.49. The Morgan fingerprint density at radius 1 is 1.60 bits per heavy atom. The average Bonchev–Trinajstić information content (AvgIpc) is 2.62. The van der Waals surface area contributed by atoms with Gasteiger partial charge in [0.15, 0.2) is 5.82 Å². The number of halogens is 2. The van der Waals surface area contributed by atoms with E-state index in [1.165, 1.54) is 7.11 Å². The van der Waals surface area contributed by atoms with E-state index in [0.717, 1.165) is 0 Å². The van der Waals surface area contributed by atoms with Crippen molar-refractivity contribution >= 4 is 5.78 Å². The molecule has 0 radical (unpaired) electrons. The number of alkyl halides is 2. The van der Waals surface area contributed by atoms with Crippen molar-refractivity contribution in [2.45, 2.75) is 19.3 Å². The minimum atomic E-state index is -3.00. The van der Waals surface area contributed by atoms with Crippen molar-refractivity contribution in [3.8, 4) is 0 Å².